The maximum atomic E-state index is 5.01. The first-order chi connectivity index (χ1) is 22.8. The van der Waals surface area contributed by atoms with Crippen molar-refractivity contribution < 1.29 is 20.4 Å². The van der Waals surface area contributed by atoms with Crippen molar-refractivity contribution in [2.24, 2.45) is 15.1 Å². The second-order valence-electron chi connectivity index (χ2n) is 10.5. The molecule has 0 N–H and O–H groups in total. The number of fused-ring (bicyclic) bond motifs is 10. The van der Waals surface area contributed by atoms with E-state index in [-0.39, 0.29) is 20.4 Å². The molecule has 0 atom stereocenters. The van der Waals surface area contributed by atoms with Crippen LogP contribution in [0.3, 0.4) is 0 Å². The number of para-hydroxylation sites is 4. The predicted molar refractivity (Wildman–Crippen MR) is 178 cm³/mol. The van der Waals surface area contributed by atoms with Crippen molar-refractivity contribution >= 4 is 46.7 Å². The number of nitrogens with zero attached hydrogens (tertiary/aromatic N) is 12. The Morgan fingerprint density at radius 3 is 1.83 bits per heavy atom. The molecule has 12 nitrogen and oxygen atoms in total. The van der Waals surface area contributed by atoms with Gasteiger partial charge in [-0.05, 0) is 48.3 Å². The van der Waals surface area contributed by atoms with Gasteiger partial charge in [0, 0.05) is 29.2 Å². The molecule has 9 rings (SSSR count). The molecule has 0 radical (unpaired) electrons. The van der Waals surface area contributed by atoms with Gasteiger partial charge in [-0.15, -0.1) is 5.10 Å². The van der Waals surface area contributed by atoms with Gasteiger partial charge >= 0.3 is 20.4 Å². The number of rotatable bonds is 4. The van der Waals surface area contributed by atoms with Gasteiger partial charge in [0.15, 0.2) is 17.7 Å². The summed E-state index contributed by atoms with van der Waals surface area (Å²) in [6, 6.07) is 39.2. The van der Waals surface area contributed by atoms with E-state index in [1.165, 1.54) is 0 Å². The van der Waals surface area contributed by atoms with Crippen molar-refractivity contribution in [1.82, 2.24) is 24.3 Å². The van der Waals surface area contributed by atoms with E-state index in [9.17, 15) is 0 Å². The zero-order chi connectivity index (χ0) is 30.5. The number of aliphatic imine (C=N–C) groups is 2. The molecular weight excluding hydrogens is 683 g/mol. The van der Waals surface area contributed by atoms with Crippen LogP contribution in [0.2, 0.25) is 0 Å². The van der Waals surface area contributed by atoms with E-state index < -0.39 is 0 Å². The molecule has 228 valence electrons. The molecule has 3 aliphatic rings. The Morgan fingerprint density at radius 1 is 0.553 bits per heavy atom. The quantitative estimate of drug-likeness (QED) is 0.185. The summed E-state index contributed by atoms with van der Waals surface area (Å²) in [6.45, 7) is 0. The summed E-state index contributed by atoms with van der Waals surface area (Å²) in [5.41, 5.74) is 4.37. The smallest absolute Gasteiger partial charge is 0.374 e. The van der Waals surface area contributed by atoms with Crippen molar-refractivity contribution in [1.29, 1.82) is 0 Å². The van der Waals surface area contributed by atoms with Crippen LogP contribution in [0.25, 0.3) is 27.7 Å². The van der Waals surface area contributed by atoms with Crippen molar-refractivity contribution in [3.05, 3.63) is 156 Å². The summed E-state index contributed by atoms with van der Waals surface area (Å²) in [5, 5.41) is 21.2. The topological polar surface area (TPSA) is 120 Å². The number of amidine groups is 1. The molecule has 2 aromatic heterocycles. The van der Waals surface area contributed by atoms with Gasteiger partial charge < -0.3 is 25.5 Å². The van der Waals surface area contributed by atoms with Crippen LogP contribution in [0.5, 0.6) is 0 Å². The minimum absolute atomic E-state index is 0. The van der Waals surface area contributed by atoms with Crippen molar-refractivity contribution in [3.63, 3.8) is 0 Å². The molecule has 0 saturated carbocycles. The molecule has 3 aliphatic heterocycles. The Labute approximate surface area is 282 Å². The number of hydrazone groups is 1. The fourth-order valence-corrected chi connectivity index (χ4v) is 5.30. The Bertz CT molecular complexity index is 2050. The van der Waals surface area contributed by atoms with E-state index in [4.69, 9.17) is 40.8 Å². The molecule has 13 heteroatoms. The number of anilines is 2. The first-order valence-corrected chi connectivity index (χ1v) is 14.6. The number of guanidine groups is 2. The van der Waals surface area contributed by atoms with Crippen LogP contribution >= 0.6 is 0 Å². The molecule has 0 fully saturated rings. The summed E-state index contributed by atoms with van der Waals surface area (Å²) in [6.07, 6.45) is 3.76. The zero-order valence-electron chi connectivity index (χ0n) is 24.4. The molecular formula is C34H22N12Pd. The molecule has 0 aliphatic carbocycles. The monoisotopic (exact) mass is 704 g/mol. The average molecular weight is 705 g/mol. The third-order valence-electron chi connectivity index (χ3n) is 7.48. The van der Waals surface area contributed by atoms with E-state index in [1.807, 2.05) is 143 Å². The molecule has 0 saturated heterocycles. The van der Waals surface area contributed by atoms with Crippen molar-refractivity contribution in [3.8, 4) is 11.4 Å². The number of hydrogen-bond acceptors (Lipinski definition) is 8. The zero-order valence-corrected chi connectivity index (χ0v) is 25.9. The predicted octanol–water partition coefficient (Wildman–Crippen LogP) is 6.89. The summed E-state index contributed by atoms with van der Waals surface area (Å²) in [7, 11) is 0. The number of aromatic nitrogens is 5. The maximum absolute atomic E-state index is 5.01. The van der Waals surface area contributed by atoms with E-state index in [1.54, 1.807) is 9.69 Å². The second-order valence-corrected chi connectivity index (χ2v) is 10.5. The fraction of sp³-hybridized carbons (Fsp3) is 0. The number of benzene rings is 4. The maximum Gasteiger partial charge on any atom is 2.00 e. The van der Waals surface area contributed by atoms with Crippen molar-refractivity contribution in [2.45, 2.75) is 0 Å². The Hall–Kier alpha value is -6.16. The summed E-state index contributed by atoms with van der Waals surface area (Å²) in [5.74, 6) is 2.21. The number of hydrogen-bond donors (Lipinski definition) is 0. The van der Waals surface area contributed by atoms with Gasteiger partial charge in [0.05, 0.1) is 17.5 Å². The standard InChI is InChI=1S/C34H22N12.Pd/c1-5-13-23(14-6-1)43-21-27-29-37-33(45(41-29)25-17-9-3-10-18-25)40-34-38-30(42-46(34)26-19-11-4-12-20-26)28-22-44(24-15-7-2-8-16-24)32(36-28)39-31(43)35-27;/h1-22H;/q-2;+2. The van der Waals surface area contributed by atoms with Crippen LogP contribution in [0, 0.1) is 0 Å². The van der Waals surface area contributed by atoms with E-state index in [0.29, 0.717) is 46.9 Å². The summed E-state index contributed by atoms with van der Waals surface area (Å²) < 4.78 is 3.58. The summed E-state index contributed by atoms with van der Waals surface area (Å²) >= 11 is 0. The van der Waals surface area contributed by atoms with Crippen LogP contribution in [-0.2, 0) is 20.4 Å². The largest absolute Gasteiger partial charge is 2.00 e. The van der Waals surface area contributed by atoms with Gasteiger partial charge in [-0.25, -0.2) is 9.67 Å². The first-order valence-electron chi connectivity index (χ1n) is 14.6. The van der Waals surface area contributed by atoms with Crippen LogP contribution in [-0.4, -0.2) is 42.1 Å². The van der Waals surface area contributed by atoms with E-state index >= 15 is 0 Å². The van der Waals surface area contributed by atoms with Gasteiger partial charge in [-0.2, -0.15) is 4.98 Å². The third-order valence-corrected chi connectivity index (χ3v) is 7.48. The fourth-order valence-electron chi connectivity index (χ4n) is 5.30. The first kappa shape index (κ1) is 28.3. The van der Waals surface area contributed by atoms with Crippen LogP contribution in [0.15, 0.2) is 149 Å². The normalized spacial score (nSPS) is 14.6. The van der Waals surface area contributed by atoms with Gasteiger partial charge in [0.2, 0.25) is 0 Å². The molecule has 5 heterocycles. The van der Waals surface area contributed by atoms with E-state index in [0.717, 1.165) is 22.7 Å². The van der Waals surface area contributed by atoms with Crippen LogP contribution in [0.4, 0.5) is 23.3 Å². The third kappa shape index (κ3) is 5.09. The minimum Gasteiger partial charge on any atom is -0.374 e. The van der Waals surface area contributed by atoms with Crippen LogP contribution < -0.4 is 9.91 Å². The van der Waals surface area contributed by atoms with Gasteiger partial charge in [-0.3, -0.25) is 14.7 Å². The second kappa shape index (κ2) is 11.6. The minimum atomic E-state index is 0. The molecule has 47 heavy (non-hydrogen) atoms. The number of imidazole rings is 1. The Morgan fingerprint density at radius 2 is 1.15 bits per heavy atom. The van der Waals surface area contributed by atoms with Gasteiger partial charge in [0.25, 0.3) is 0 Å². The molecule has 0 unspecified atom stereocenters. The van der Waals surface area contributed by atoms with Crippen LogP contribution in [0.1, 0.15) is 11.5 Å². The SMILES string of the molecule is C1=C2[N-]C(=Nc3nc(cn3-c3ccccc3)C3=NN(c4ccccc4)C(=Nc4nc2nn4-c2ccccc2)[N-]3)N1c1ccccc1.[Pd+2]. The van der Waals surface area contributed by atoms with Gasteiger partial charge in [-0.1, -0.05) is 84.9 Å². The van der Waals surface area contributed by atoms with Gasteiger partial charge in [0.1, 0.15) is 5.69 Å². The molecule has 0 spiro atoms. The summed E-state index contributed by atoms with van der Waals surface area (Å²) in [4.78, 5) is 21.6. The van der Waals surface area contributed by atoms with E-state index in [2.05, 4.69) is 0 Å². The average Bonchev–Trinajstić information content (AvgIpc) is 3.92. The molecule has 8 bridgehead atoms. The van der Waals surface area contributed by atoms with Crippen molar-refractivity contribution in [2.75, 3.05) is 9.91 Å². The molecule has 6 aromatic rings. The molecule has 4 aromatic carbocycles. The Balaban J connectivity index is 0.00000324. The Kier molecular flexibility index (Phi) is 7.02. The molecule has 0 amide bonds.